The van der Waals surface area contributed by atoms with Gasteiger partial charge in [0.2, 0.25) is 0 Å². The van der Waals surface area contributed by atoms with Crippen LogP contribution in [0.3, 0.4) is 0 Å². The Hall–Kier alpha value is -2.88. The lowest BCUT2D eigenvalue weighted by Crippen LogP contribution is -2.44. The summed E-state index contributed by atoms with van der Waals surface area (Å²) in [4.78, 5) is 4.60. The number of anilines is 1. The molecule has 0 radical (unpaired) electrons. The lowest BCUT2D eigenvalue weighted by Gasteiger charge is -2.32. The van der Waals surface area contributed by atoms with Crippen molar-refractivity contribution in [1.82, 2.24) is 15.4 Å². The third-order valence-corrected chi connectivity index (χ3v) is 5.99. The number of hydrogen-bond acceptors (Lipinski definition) is 6. The van der Waals surface area contributed by atoms with Crippen LogP contribution in [-0.4, -0.2) is 42.0 Å². The van der Waals surface area contributed by atoms with Gasteiger partial charge in [-0.05, 0) is 26.0 Å². The number of pyridine rings is 1. The zero-order valence-electron chi connectivity index (χ0n) is 18.7. The molecule has 1 aromatic heterocycles. The Kier molecular flexibility index (Phi) is 6.73. The molecule has 9 heteroatoms. The van der Waals surface area contributed by atoms with E-state index in [1.165, 1.54) is 17.2 Å². The van der Waals surface area contributed by atoms with Crippen LogP contribution in [0.5, 0.6) is 5.75 Å². The van der Waals surface area contributed by atoms with Crippen molar-refractivity contribution < 1.29 is 23.1 Å². The number of nitrogens with one attached hydrogen (secondary N) is 2. The van der Waals surface area contributed by atoms with Gasteiger partial charge in [-0.1, -0.05) is 18.2 Å². The molecular formula is C24H27F3N4O2. The second-order valence-electron chi connectivity index (χ2n) is 8.22. The van der Waals surface area contributed by atoms with Crippen LogP contribution < -0.4 is 15.4 Å². The summed E-state index contributed by atoms with van der Waals surface area (Å²) in [7, 11) is 1.57. The molecule has 1 aliphatic heterocycles. The number of fused-ring (bicyclic) bond motifs is 1. The van der Waals surface area contributed by atoms with E-state index >= 15 is 0 Å². The first-order valence-electron chi connectivity index (χ1n) is 10.8. The molecule has 0 aliphatic carbocycles. The lowest BCUT2D eigenvalue weighted by molar-refractivity contribution is -0.138. The fourth-order valence-corrected chi connectivity index (χ4v) is 4.31. The first kappa shape index (κ1) is 23.3. The molecule has 1 fully saturated rings. The molecule has 0 bridgehead atoms. The fourth-order valence-electron chi connectivity index (χ4n) is 4.31. The molecule has 1 unspecified atom stereocenters. The minimum absolute atomic E-state index is 0.155. The molecule has 2 atom stereocenters. The Labute approximate surface area is 190 Å². The van der Waals surface area contributed by atoms with Crippen LogP contribution in [0.1, 0.15) is 47.8 Å². The van der Waals surface area contributed by atoms with Crippen molar-refractivity contribution in [2.75, 3.05) is 32.1 Å². The average Bonchev–Trinajstić information content (AvgIpc) is 2.78. The number of benzene rings is 2. The van der Waals surface area contributed by atoms with Crippen molar-refractivity contribution >= 4 is 16.6 Å². The van der Waals surface area contributed by atoms with Gasteiger partial charge < -0.3 is 20.6 Å². The number of methoxy groups -OCH3 is 1. The number of ether oxygens (including phenoxy) is 1. The molecule has 176 valence electrons. The smallest absolute Gasteiger partial charge is 0.266 e. The van der Waals surface area contributed by atoms with Crippen LogP contribution in [0.15, 0.2) is 36.4 Å². The summed E-state index contributed by atoms with van der Waals surface area (Å²) in [6.45, 7) is 5.26. The number of aromatic nitrogens is 1. The highest BCUT2D eigenvalue weighted by molar-refractivity contribution is 5.93. The van der Waals surface area contributed by atoms with Gasteiger partial charge in [0.1, 0.15) is 11.6 Å². The molecule has 3 aromatic rings. The molecule has 2 heterocycles. The van der Waals surface area contributed by atoms with E-state index in [-0.39, 0.29) is 11.6 Å². The van der Waals surface area contributed by atoms with E-state index in [2.05, 4.69) is 15.6 Å². The predicted octanol–water partition coefficient (Wildman–Crippen LogP) is 5.14. The maximum Gasteiger partial charge on any atom is 0.266 e. The van der Waals surface area contributed by atoms with E-state index in [1.54, 1.807) is 14.0 Å². The number of hydrogen-bond donors (Lipinski definition) is 3. The van der Waals surface area contributed by atoms with E-state index in [0.717, 1.165) is 22.7 Å². The van der Waals surface area contributed by atoms with Crippen LogP contribution in [-0.2, 0) is 0 Å². The van der Waals surface area contributed by atoms with Gasteiger partial charge in [-0.2, -0.15) is 5.06 Å². The minimum atomic E-state index is -2.89. The van der Waals surface area contributed by atoms with Crippen LogP contribution in [0.4, 0.5) is 18.9 Å². The van der Waals surface area contributed by atoms with Crippen molar-refractivity contribution in [2.24, 2.45) is 0 Å². The predicted molar refractivity (Wildman–Crippen MR) is 121 cm³/mol. The van der Waals surface area contributed by atoms with Crippen molar-refractivity contribution in [3.63, 3.8) is 0 Å². The lowest BCUT2D eigenvalue weighted by atomic mass is 9.99. The van der Waals surface area contributed by atoms with Gasteiger partial charge in [-0.25, -0.2) is 13.2 Å². The van der Waals surface area contributed by atoms with E-state index in [0.29, 0.717) is 36.6 Å². The van der Waals surface area contributed by atoms with Crippen LogP contribution in [0.2, 0.25) is 0 Å². The Balaban J connectivity index is 1.77. The average molecular weight is 461 g/mol. The number of aryl methyl sites for hydroxylation is 1. The van der Waals surface area contributed by atoms with Gasteiger partial charge in [0.15, 0.2) is 0 Å². The monoisotopic (exact) mass is 460 g/mol. The SMILES string of the molecule is COc1cc2nc(C)cc(NC(C)c3cccc(C(F)F)c3F)c2cc1[C@@H]1CNCCN1O. The summed E-state index contributed by atoms with van der Waals surface area (Å²) in [5.74, 6) is -0.308. The van der Waals surface area contributed by atoms with Gasteiger partial charge in [0.25, 0.3) is 6.43 Å². The summed E-state index contributed by atoms with van der Waals surface area (Å²) >= 11 is 0. The normalized spacial score (nSPS) is 18.0. The number of alkyl halides is 2. The molecule has 6 nitrogen and oxygen atoms in total. The summed E-state index contributed by atoms with van der Waals surface area (Å²) in [6, 6.07) is 8.69. The maximum atomic E-state index is 14.7. The largest absolute Gasteiger partial charge is 0.496 e. The zero-order chi connectivity index (χ0) is 23.7. The van der Waals surface area contributed by atoms with Crippen LogP contribution in [0.25, 0.3) is 10.9 Å². The standard InChI is InChI=1S/C24H27F3N4O2/c1-13-9-19(30-14(2)15-5-4-6-16(23(15)25)24(26)27)17-10-18(21-12-28-7-8-31(21)32)22(33-3)11-20(17)29-13/h4-6,9-11,14,21,24,28,32H,7-8,12H2,1-3H3,(H,29,30)/t14?,21-/m0/s1. The molecule has 2 aromatic carbocycles. The van der Waals surface area contributed by atoms with Crippen molar-refractivity contribution in [3.05, 3.63) is 64.6 Å². The Morgan fingerprint density at radius 1 is 1.24 bits per heavy atom. The van der Waals surface area contributed by atoms with Gasteiger partial charge >= 0.3 is 0 Å². The highest BCUT2D eigenvalue weighted by atomic mass is 19.3. The van der Waals surface area contributed by atoms with Gasteiger partial charge in [-0.3, -0.25) is 4.98 Å². The van der Waals surface area contributed by atoms with Gasteiger partial charge in [-0.15, -0.1) is 0 Å². The van der Waals surface area contributed by atoms with Crippen LogP contribution >= 0.6 is 0 Å². The molecule has 0 spiro atoms. The van der Waals surface area contributed by atoms with E-state index < -0.39 is 23.8 Å². The van der Waals surface area contributed by atoms with Crippen LogP contribution in [0, 0.1) is 12.7 Å². The number of nitrogens with zero attached hydrogens (tertiary/aromatic N) is 2. The molecule has 3 N–H and O–H groups in total. The third kappa shape index (κ3) is 4.62. The van der Waals surface area contributed by atoms with Gasteiger partial charge in [0.05, 0.1) is 30.3 Å². The third-order valence-electron chi connectivity index (χ3n) is 5.99. The van der Waals surface area contributed by atoms with Crippen molar-refractivity contribution in [2.45, 2.75) is 32.4 Å². The van der Waals surface area contributed by atoms with E-state index in [4.69, 9.17) is 4.74 Å². The first-order valence-corrected chi connectivity index (χ1v) is 10.8. The summed E-state index contributed by atoms with van der Waals surface area (Å²) < 4.78 is 46.7. The topological polar surface area (TPSA) is 69.7 Å². The fraction of sp³-hybridized carbons (Fsp3) is 0.375. The molecule has 0 amide bonds. The zero-order valence-corrected chi connectivity index (χ0v) is 18.7. The molecule has 1 aliphatic rings. The summed E-state index contributed by atoms with van der Waals surface area (Å²) in [5.41, 5.74) is 2.41. The quantitative estimate of drug-likeness (QED) is 0.474. The Morgan fingerprint density at radius 3 is 2.70 bits per heavy atom. The highest BCUT2D eigenvalue weighted by Crippen LogP contribution is 2.37. The molecule has 0 saturated carbocycles. The second-order valence-corrected chi connectivity index (χ2v) is 8.22. The number of halogens is 3. The van der Waals surface area contributed by atoms with Crippen molar-refractivity contribution in [1.29, 1.82) is 0 Å². The molecule has 4 rings (SSSR count). The minimum Gasteiger partial charge on any atom is -0.496 e. The Morgan fingerprint density at radius 2 is 2.00 bits per heavy atom. The molecular weight excluding hydrogens is 433 g/mol. The first-order chi connectivity index (χ1) is 15.8. The molecule has 1 saturated heterocycles. The maximum absolute atomic E-state index is 14.7. The number of rotatable bonds is 6. The molecule has 33 heavy (non-hydrogen) atoms. The summed E-state index contributed by atoms with van der Waals surface area (Å²) in [6.07, 6.45) is -2.89. The van der Waals surface area contributed by atoms with Crippen molar-refractivity contribution in [3.8, 4) is 5.75 Å². The van der Waals surface area contributed by atoms with E-state index in [9.17, 15) is 18.4 Å². The van der Waals surface area contributed by atoms with Gasteiger partial charge in [0, 0.05) is 53.6 Å². The Bertz CT molecular complexity index is 1160. The van der Waals surface area contributed by atoms with E-state index in [1.807, 2.05) is 25.1 Å². The number of hydroxylamine groups is 2. The number of piperazine rings is 1. The summed E-state index contributed by atoms with van der Waals surface area (Å²) in [5, 5.41) is 19.0. The highest BCUT2D eigenvalue weighted by Gasteiger charge is 2.27. The second kappa shape index (κ2) is 9.54.